The van der Waals surface area contributed by atoms with Gasteiger partial charge < -0.3 is 20.1 Å². The fraction of sp³-hybridized carbons (Fsp3) is 0.435. The zero-order valence-corrected chi connectivity index (χ0v) is 18.7. The second-order valence-electron chi connectivity index (χ2n) is 8.59. The van der Waals surface area contributed by atoms with Gasteiger partial charge in [-0.05, 0) is 56.9 Å². The van der Waals surface area contributed by atoms with Gasteiger partial charge in [-0.25, -0.2) is 4.39 Å². The predicted molar refractivity (Wildman–Crippen MR) is 116 cm³/mol. The lowest BCUT2D eigenvalue weighted by molar-refractivity contribution is -0.151. The molecule has 1 aromatic carbocycles. The van der Waals surface area contributed by atoms with Gasteiger partial charge in [0.2, 0.25) is 0 Å². The van der Waals surface area contributed by atoms with E-state index in [1.807, 2.05) is 26.0 Å². The Morgan fingerprint density at radius 2 is 1.69 bits per heavy atom. The number of ether oxygens (including phenoxy) is 2. The van der Waals surface area contributed by atoms with Gasteiger partial charge in [0.15, 0.2) is 13.2 Å². The summed E-state index contributed by atoms with van der Waals surface area (Å²) in [5.41, 5.74) is 1.14. The van der Waals surface area contributed by atoms with Gasteiger partial charge in [0.1, 0.15) is 17.3 Å². The van der Waals surface area contributed by atoms with Crippen LogP contribution in [0.1, 0.15) is 37.6 Å². The van der Waals surface area contributed by atoms with Gasteiger partial charge in [0.25, 0.3) is 11.8 Å². The molecule has 0 spiro atoms. The van der Waals surface area contributed by atoms with Crippen LogP contribution in [-0.2, 0) is 16.0 Å². The molecular formula is C23H25ClFN3O4. The topological polar surface area (TPSA) is 89.5 Å². The number of nitrogens with one attached hydrogen (secondary N) is 2. The molecule has 170 valence electrons. The van der Waals surface area contributed by atoms with Crippen LogP contribution in [-0.4, -0.2) is 41.1 Å². The normalized spacial score (nSPS) is 22.9. The maximum absolute atomic E-state index is 13.4. The molecule has 2 bridgehead atoms. The average Bonchev–Trinajstić information content (AvgIpc) is 2.71. The number of hydrogen-bond donors (Lipinski definition) is 2. The van der Waals surface area contributed by atoms with Gasteiger partial charge in [-0.1, -0.05) is 18.5 Å². The summed E-state index contributed by atoms with van der Waals surface area (Å²) >= 11 is 5.63. The number of rotatable bonds is 9. The van der Waals surface area contributed by atoms with Gasteiger partial charge in [-0.3, -0.25) is 14.6 Å². The van der Waals surface area contributed by atoms with Crippen molar-refractivity contribution in [3.63, 3.8) is 0 Å². The molecule has 3 saturated carbocycles. The molecule has 3 aliphatic carbocycles. The van der Waals surface area contributed by atoms with Crippen LogP contribution < -0.4 is 20.1 Å². The third kappa shape index (κ3) is 4.65. The fourth-order valence-electron chi connectivity index (χ4n) is 4.56. The lowest BCUT2D eigenvalue weighted by Gasteiger charge is -2.70. The van der Waals surface area contributed by atoms with E-state index >= 15 is 0 Å². The Morgan fingerprint density at radius 3 is 2.28 bits per heavy atom. The zero-order chi connectivity index (χ0) is 22.9. The van der Waals surface area contributed by atoms with Crippen molar-refractivity contribution in [3.05, 3.63) is 52.6 Å². The fourth-order valence-corrected chi connectivity index (χ4v) is 4.68. The van der Waals surface area contributed by atoms with E-state index in [1.54, 1.807) is 0 Å². The van der Waals surface area contributed by atoms with Crippen LogP contribution in [0.25, 0.3) is 0 Å². The van der Waals surface area contributed by atoms with Crippen LogP contribution >= 0.6 is 11.6 Å². The Hall–Kier alpha value is -2.87. The Morgan fingerprint density at radius 1 is 1.06 bits per heavy atom. The molecule has 7 nitrogen and oxygen atoms in total. The molecule has 5 rings (SSSR count). The van der Waals surface area contributed by atoms with Crippen molar-refractivity contribution in [2.45, 2.75) is 50.6 Å². The third-order valence-corrected chi connectivity index (χ3v) is 6.17. The van der Waals surface area contributed by atoms with Gasteiger partial charge in [0.05, 0.1) is 10.7 Å². The van der Waals surface area contributed by atoms with Crippen LogP contribution in [0, 0.1) is 12.7 Å². The average molecular weight is 462 g/mol. The molecule has 2 amide bonds. The predicted octanol–water partition coefficient (Wildman–Crippen LogP) is 3.11. The Bertz CT molecular complexity index is 1040. The maximum atomic E-state index is 13.4. The first-order valence-electron chi connectivity index (χ1n) is 10.5. The number of hydrogen-bond acceptors (Lipinski definition) is 5. The minimum absolute atomic E-state index is 0.00486. The maximum Gasteiger partial charge on any atom is 0.258 e. The summed E-state index contributed by atoms with van der Waals surface area (Å²) in [6, 6.07) is 7.70. The lowest BCUT2D eigenvalue weighted by atomic mass is 9.44. The van der Waals surface area contributed by atoms with Crippen molar-refractivity contribution in [1.82, 2.24) is 15.6 Å². The summed E-state index contributed by atoms with van der Waals surface area (Å²) in [5.74, 6) is -0.230. The molecule has 0 atom stereocenters. The van der Waals surface area contributed by atoms with Crippen molar-refractivity contribution >= 4 is 23.4 Å². The molecule has 0 radical (unpaired) electrons. The quantitative estimate of drug-likeness (QED) is 0.599. The van der Waals surface area contributed by atoms with E-state index in [9.17, 15) is 14.0 Å². The summed E-state index contributed by atoms with van der Waals surface area (Å²) in [7, 11) is 0. The Kier molecular flexibility index (Phi) is 5.99. The van der Waals surface area contributed by atoms with Crippen molar-refractivity contribution in [2.75, 3.05) is 13.2 Å². The minimum atomic E-state index is -0.602. The summed E-state index contributed by atoms with van der Waals surface area (Å²) in [5, 5.41) is 5.98. The number of benzene rings is 1. The number of amides is 2. The van der Waals surface area contributed by atoms with E-state index < -0.39 is 5.82 Å². The molecule has 1 heterocycles. The monoisotopic (exact) mass is 461 g/mol. The molecule has 2 N–H and O–H groups in total. The number of aromatic nitrogens is 1. The van der Waals surface area contributed by atoms with Gasteiger partial charge >= 0.3 is 0 Å². The van der Waals surface area contributed by atoms with Gasteiger partial charge in [-0.15, -0.1) is 0 Å². The Balaban J connectivity index is 1.19. The SMILES string of the molecule is CCc1nc(C)ccc1OCC(=O)NC12CC(NC(=O)COc3ccc(Cl)c(F)c3)(C1)C2. The summed E-state index contributed by atoms with van der Waals surface area (Å²) in [6.07, 6.45) is 2.72. The second-order valence-corrected chi connectivity index (χ2v) is 9.00. The standard InChI is InChI=1S/C23H25ClFN3O4/c1-3-18-19(7-4-14(2)26-18)32-10-21(30)28-23-11-22(12-23,13-23)27-20(29)9-31-15-5-6-16(24)17(25)8-15/h4-8H,3,9-13H2,1-2H3,(H,27,29)(H,28,30). The van der Waals surface area contributed by atoms with Crippen molar-refractivity contribution in [1.29, 1.82) is 0 Å². The lowest BCUT2D eigenvalue weighted by Crippen LogP contribution is -2.84. The highest BCUT2D eigenvalue weighted by Crippen LogP contribution is 2.60. The number of pyridine rings is 1. The largest absolute Gasteiger partial charge is 0.484 e. The van der Waals surface area contributed by atoms with Crippen LogP contribution in [0.3, 0.4) is 0 Å². The summed E-state index contributed by atoms with van der Waals surface area (Å²) in [6.45, 7) is 3.60. The molecule has 0 saturated heterocycles. The van der Waals surface area contributed by atoms with E-state index in [2.05, 4.69) is 15.6 Å². The van der Waals surface area contributed by atoms with Crippen LogP contribution in [0.2, 0.25) is 5.02 Å². The van der Waals surface area contributed by atoms with E-state index in [4.69, 9.17) is 21.1 Å². The number of carbonyl (C=O) groups excluding carboxylic acids is 2. The highest BCUT2D eigenvalue weighted by atomic mass is 35.5. The smallest absolute Gasteiger partial charge is 0.258 e. The molecular weight excluding hydrogens is 437 g/mol. The third-order valence-electron chi connectivity index (χ3n) is 5.87. The molecule has 0 aliphatic heterocycles. The molecule has 32 heavy (non-hydrogen) atoms. The number of carbonyl (C=O) groups is 2. The Labute approximate surface area is 190 Å². The first-order chi connectivity index (χ1) is 15.2. The molecule has 0 unspecified atom stereocenters. The first-order valence-corrected chi connectivity index (χ1v) is 10.9. The number of aryl methyl sites for hydroxylation is 2. The van der Waals surface area contributed by atoms with Crippen molar-refractivity contribution < 1.29 is 23.5 Å². The molecule has 2 aromatic rings. The molecule has 1 aromatic heterocycles. The van der Waals surface area contributed by atoms with Crippen LogP contribution in [0.4, 0.5) is 4.39 Å². The van der Waals surface area contributed by atoms with Crippen LogP contribution in [0.5, 0.6) is 11.5 Å². The number of halogens is 2. The highest BCUT2D eigenvalue weighted by Gasteiger charge is 2.69. The zero-order valence-electron chi connectivity index (χ0n) is 18.0. The minimum Gasteiger partial charge on any atom is -0.484 e. The molecule has 9 heteroatoms. The summed E-state index contributed by atoms with van der Waals surface area (Å²) in [4.78, 5) is 29.0. The first kappa shape index (κ1) is 22.3. The van der Waals surface area contributed by atoms with Crippen molar-refractivity contribution in [2.24, 2.45) is 0 Å². The van der Waals surface area contributed by atoms with E-state index in [1.165, 1.54) is 12.1 Å². The van der Waals surface area contributed by atoms with E-state index in [0.717, 1.165) is 23.9 Å². The number of nitrogens with zero attached hydrogens (tertiary/aromatic N) is 1. The van der Waals surface area contributed by atoms with Crippen molar-refractivity contribution in [3.8, 4) is 11.5 Å². The molecule has 3 fully saturated rings. The molecule has 3 aliphatic rings. The highest BCUT2D eigenvalue weighted by molar-refractivity contribution is 6.30. The van der Waals surface area contributed by atoms with E-state index in [-0.39, 0.29) is 46.9 Å². The summed E-state index contributed by atoms with van der Waals surface area (Å²) < 4.78 is 24.4. The van der Waals surface area contributed by atoms with Gasteiger partial charge in [-0.2, -0.15) is 0 Å². The van der Waals surface area contributed by atoms with Gasteiger partial charge in [0, 0.05) is 22.8 Å². The van der Waals surface area contributed by atoms with Crippen LogP contribution in [0.15, 0.2) is 30.3 Å². The second kappa shape index (κ2) is 8.58. The van der Waals surface area contributed by atoms with E-state index in [0.29, 0.717) is 25.0 Å².